The number of carbonyl (C=O) groups excluding carboxylic acids is 1. The molecule has 2 aromatic rings. The van der Waals surface area contributed by atoms with Crippen molar-refractivity contribution in [2.75, 3.05) is 4.90 Å². The second-order valence-electron chi connectivity index (χ2n) is 6.40. The van der Waals surface area contributed by atoms with E-state index in [1.807, 2.05) is 12.1 Å². The van der Waals surface area contributed by atoms with Crippen LogP contribution >= 0.6 is 12.2 Å². The molecular weight excluding hydrogens is 404 g/mol. The lowest BCUT2D eigenvalue weighted by molar-refractivity contribution is -0.384. The molecule has 0 spiro atoms. The molecule has 0 saturated heterocycles. The van der Waals surface area contributed by atoms with Gasteiger partial charge in [0, 0.05) is 12.1 Å². The van der Waals surface area contributed by atoms with Gasteiger partial charge in [-0.3, -0.25) is 25.2 Å². The number of nitrogens with two attached hydrogens (primary N) is 1. The fourth-order valence-electron chi connectivity index (χ4n) is 2.84. The van der Waals surface area contributed by atoms with Gasteiger partial charge < -0.3 is 5.73 Å². The number of nitro benzene ring substituents is 1. The minimum absolute atomic E-state index is 0.0152. The van der Waals surface area contributed by atoms with Crippen LogP contribution in [0.25, 0.3) is 6.08 Å². The van der Waals surface area contributed by atoms with Crippen molar-refractivity contribution in [3.05, 3.63) is 75.5 Å². The Hall–Kier alpha value is -3.92. The number of hydrogen-bond acceptors (Lipinski definition) is 6. The van der Waals surface area contributed by atoms with E-state index in [0.29, 0.717) is 22.8 Å². The first-order valence-electron chi connectivity index (χ1n) is 8.82. The number of non-ortho nitro benzene ring substituents is 1. The predicted molar refractivity (Wildman–Crippen MR) is 120 cm³/mol. The van der Waals surface area contributed by atoms with Gasteiger partial charge in [-0.25, -0.2) is 4.99 Å². The molecule has 9 nitrogen and oxygen atoms in total. The molecule has 3 N–H and O–H groups in total. The van der Waals surface area contributed by atoms with E-state index < -0.39 is 4.92 Å². The van der Waals surface area contributed by atoms with Crippen molar-refractivity contribution >= 4 is 52.2 Å². The first-order chi connectivity index (χ1) is 14.3. The Morgan fingerprint density at radius 3 is 2.43 bits per heavy atom. The number of thiocarbonyl (C=S) groups is 1. The molecule has 0 fully saturated rings. The highest BCUT2D eigenvalue weighted by Gasteiger charge is 2.28. The predicted octanol–water partition coefficient (Wildman–Crippen LogP) is 2.96. The van der Waals surface area contributed by atoms with Gasteiger partial charge in [0.2, 0.25) is 0 Å². The van der Waals surface area contributed by atoms with Gasteiger partial charge in [0.1, 0.15) is 11.5 Å². The van der Waals surface area contributed by atoms with Crippen molar-refractivity contribution in [1.29, 1.82) is 0 Å². The van der Waals surface area contributed by atoms with Crippen LogP contribution in [-0.2, 0) is 4.79 Å². The molecule has 0 unspecified atom stereocenters. The molecule has 0 bridgehead atoms. The van der Waals surface area contributed by atoms with Crippen molar-refractivity contribution in [1.82, 2.24) is 5.43 Å². The zero-order chi connectivity index (χ0) is 21.8. The van der Waals surface area contributed by atoms with E-state index in [9.17, 15) is 14.9 Å². The second-order valence-corrected chi connectivity index (χ2v) is 6.84. The van der Waals surface area contributed by atoms with Gasteiger partial charge in [-0.15, -0.1) is 0 Å². The van der Waals surface area contributed by atoms with Gasteiger partial charge in [-0.2, -0.15) is 5.10 Å². The molecule has 30 heavy (non-hydrogen) atoms. The van der Waals surface area contributed by atoms with Crippen molar-refractivity contribution in [3.63, 3.8) is 0 Å². The Kier molecular flexibility index (Phi) is 5.98. The Morgan fingerprint density at radius 1 is 1.23 bits per heavy atom. The van der Waals surface area contributed by atoms with E-state index in [2.05, 4.69) is 15.5 Å². The molecule has 3 rings (SSSR count). The fraction of sp³-hybridized carbons (Fsp3) is 0.100. The zero-order valence-electron chi connectivity index (χ0n) is 16.2. The summed E-state index contributed by atoms with van der Waals surface area (Å²) in [6.07, 6.45) is 1.60. The number of nitrogens with one attached hydrogen (secondary N) is 1. The maximum atomic E-state index is 12.9. The number of aliphatic imine (C=N–C) groups is 1. The first-order valence-corrected chi connectivity index (χ1v) is 9.23. The summed E-state index contributed by atoms with van der Waals surface area (Å²) >= 11 is 4.73. The lowest BCUT2D eigenvalue weighted by atomic mass is 10.1. The number of nitro groups is 1. The minimum Gasteiger partial charge on any atom is -0.375 e. The maximum absolute atomic E-state index is 12.9. The topological polar surface area (TPSA) is 126 Å². The largest absolute Gasteiger partial charge is 0.375 e. The lowest BCUT2D eigenvalue weighted by Crippen LogP contribution is -2.30. The van der Waals surface area contributed by atoms with Gasteiger partial charge in [-0.05, 0) is 67.5 Å². The number of hydrogen-bond donors (Lipinski definition) is 2. The van der Waals surface area contributed by atoms with Crippen molar-refractivity contribution in [2.45, 2.75) is 13.8 Å². The number of carbonyl (C=O) groups is 1. The fourth-order valence-corrected chi connectivity index (χ4v) is 2.88. The summed E-state index contributed by atoms with van der Waals surface area (Å²) in [4.78, 5) is 29.0. The molecule has 152 valence electrons. The zero-order valence-corrected chi connectivity index (χ0v) is 17.0. The molecule has 0 saturated carbocycles. The molecule has 10 heteroatoms. The molecule has 2 aromatic carbocycles. The summed E-state index contributed by atoms with van der Waals surface area (Å²) < 4.78 is 0. The average Bonchev–Trinajstić information content (AvgIpc) is 2.99. The molecule has 0 radical (unpaired) electrons. The Bertz CT molecular complexity index is 1100. The van der Waals surface area contributed by atoms with Crippen LogP contribution in [0.5, 0.6) is 0 Å². The smallest absolute Gasteiger partial charge is 0.282 e. The van der Waals surface area contributed by atoms with Crippen LogP contribution in [0.2, 0.25) is 0 Å². The van der Waals surface area contributed by atoms with Crippen molar-refractivity contribution < 1.29 is 9.72 Å². The summed E-state index contributed by atoms with van der Waals surface area (Å²) in [7, 11) is 0. The molecule has 1 aliphatic heterocycles. The molecule has 0 atom stereocenters. The highest BCUT2D eigenvalue weighted by atomic mass is 32.1. The van der Waals surface area contributed by atoms with Crippen LogP contribution < -0.4 is 16.1 Å². The van der Waals surface area contributed by atoms with E-state index in [1.165, 1.54) is 17.0 Å². The third kappa shape index (κ3) is 4.55. The van der Waals surface area contributed by atoms with Gasteiger partial charge >= 0.3 is 0 Å². The van der Waals surface area contributed by atoms with Crippen molar-refractivity contribution in [2.24, 2.45) is 15.8 Å². The number of anilines is 1. The SMILES string of the molecule is CC1=N/C(=C/c2ccc([N+](=O)[O-])cc2)C(=O)N1c1ccc(/C(C)=N/NC(N)=S)cc1. The minimum atomic E-state index is -0.474. The highest BCUT2D eigenvalue weighted by Crippen LogP contribution is 2.26. The molecular formula is C20H18N6O3S. The quantitative estimate of drug-likeness (QED) is 0.251. The summed E-state index contributed by atoms with van der Waals surface area (Å²) in [6, 6.07) is 13.2. The lowest BCUT2D eigenvalue weighted by Gasteiger charge is -2.16. The number of benzene rings is 2. The Labute approximate surface area is 177 Å². The number of nitrogens with zero attached hydrogens (tertiary/aromatic N) is 4. The third-order valence-corrected chi connectivity index (χ3v) is 4.40. The van der Waals surface area contributed by atoms with Crippen LogP contribution in [0.1, 0.15) is 25.0 Å². The maximum Gasteiger partial charge on any atom is 0.282 e. The number of hydrazone groups is 1. The first kappa shape index (κ1) is 20.8. The van der Waals surface area contributed by atoms with Crippen LogP contribution in [0.15, 0.2) is 64.3 Å². The highest BCUT2D eigenvalue weighted by molar-refractivity contribution is 7.80. The van der Waals surface area contributed by atoms with Crippen molar-refractivity contribution in [3.8, 4) is 0 Å². The Balaban J connectivity index is 1.80. The number of amidine groups is 1. The summed E-state index contributed by atoms with van der Waals surface area (Å²) in [5.41, 5.74) is 11.0. The third-order valence-electron chi connectivity index (χ3n) is 4.31. The van der Waals surface area contributed by atoms with Gasteiger partial charge in [0.05, 0.1) is 16.3 Å². The monoisotopic (exact) mass is 422 g/mol. The van der Waals surface area contributed by atoms with Gasteiger partial charge in [-0.1, -0.05) is 12.1 Å². The molecule has 0 aromatic heterocycles. The van der Waals surface area contributed by atoms with Crippen LogP contribution in [-0.4, -0.2) is 27.5 Å². The molecule has 1 aliphatic rings. The van der Waals surface area contributed by atoms with Crippen LogP contribution in [0, 0.1) is 10.1 Å². The van der Waals surface area contributed by atoms with Crippen LogP contribution in [0.3, 0.4) is 0 Å². The van der Waals surface area contributed by atoms with E-state index in [-0.39, 0.29) is 22.4 Å². The molecule has 1 amide bonds. The van der Waals surface area contributed by atoms with E-state index >= 15 is 0 Å². The van der Waals surface area contributed by atoms with Crippen LogP contribution in [0.4, 0.5) is 11.4 Å². The summed E-state index contributed by atoms with van der Waals surface area (Å²) in [5, 5.41) is 14.9. The summed E-state index contributed by atoms with van der Waals surface area (Å²) in [5.74, 6) is 0.251. The van der Waals surface area contributed by atoms with E-state index in [0.717, 1.165) is 5.56 Å². The van der Waals surface area contributed by atoms with E-state index in [1.54, 1.807) is 44.2 Å². The number of amides is 1. The average molecular weight is 422 g/mol. The normalized spacial score (nSPS) is 15.3. The Morgan fingerprint density at radius 2 is 1.87 bits per heavy atom. The molecule has 1 heterocycles. The number of rotatable bonds is 5. The van der Waals surface area contributed by atoms with Gasteiger partial charge in [0.15, 0.2) is 5.11 Å². The summed E-state index contributed by atoms with van der Waals surface area (Å²) in [6.45, 7) is 3.54. The standard InChI is InChI=1S/C20H18N6O3S/c1-12(23-24-20(21)30)15-5-9-16(10-6-15)25-13(2)22-18(19(25)27)11-14-3-7-17(8-4-14)26(28)29/h3-11H,1-2H3,(H3,21,24,30)/b18-11+,23-12+. The second kappa shape index (κ2) is 8.62. The van der Waals surface area contributed by atoms with E-state index in [4.69, 9.17) is 18.0 Å². The molecule has 0 aliphatic carbocycles. The van der Waals surface area contributed by atoms with Gasteiger partial charge in [0.25, 0.3) is 11.6 Å².